The lowest BCUT2D eigenvalue weighted by Crippen LogP contribution is -2.32. The molecule has 0 aliphatic heterocycles. The van der Waals surface area contributed by atoms with E-state index in [4.69, 9.17) is 9.47 Å². The van der Waals surface area contributed by atoms with Gasteiger partial charge in [-0.25, -0.2) is 4.68 Å². The van der Waals surface area contributed by atoms with E-state index in [0.29, 0.717) is 23.7 Å². The van der Waals surface area contributed by atoms with Crippen LogP contribution in [0, 0.1) is 0 Å². The van der Waals surface area contributed by atoms with Crippen molar-refractivity contribution < 1.29 is 23.9 Å². The van der Waals surface area contributed by atoms with Crippen LogP contribution < -0.4 is 15.4 Å². The molecular formula is C21H26N4O5. The molecule has 9 nitrogen and oxygen atoms in total. The average molecular weight is 414 g/mol. The number of aromatic nitrogens is 2. The van der Waals surface area contributed by atoms with Crippen LogP contribution in [0.4, 0.5) is 5.82 Å². The molecule has 9 heteroatoms. The average Bonchev–Trinajstić information content (AvgIpc) is 3.43. The molecule has 0 bridgehead atoms. The van der Waals surface area contributed by atoms with Gasteiger partial charge < -0.3 is 20.1 Å². The first kappa shape index (κ1) is 21.4. The molecule has 1 fully saturated rings. The Kier molecular flexibility index (Phi) is 7.42. The van der Waals surface area contributed by atoms with Crippen LogP contribution in [-0.4, -0.2) is 47.3 Å². The number of amides is 2. The predicted octanol–water partition coefficient (Wildman–Crippen LogP) is 2.31. The molecule has 1 aromatic carbocycles. The lowest BCUT2D eigenvalue weighted by Gasteiger charge is -2.14. The minimum Gasteiger partial charge on any atom is -0.494 e. The first-order valence-electron chi connectivity index (χ1n) is 10.1. The summed E-state index contributed by atoms with van der Waals surface area (Å²) in [6.07, 6.45) is 6.01. The van der Waals surface area contributed by atoms with Crippen LogP contribution in [0.25, 0.3) is 0 Å². The third-order valence-electron chi connectivity index (χ3n) is 4.79. The van der Waals surface area contributed by atoms with Crippen molar-refractivity contribution in [2.45, 2.75) is 38.6 Å². The number of nitrogens with one attached hydrogen (secondary N) is 2. The maximum atomic E-state index is 12.1. The van der Waals surface area contributed by atoms with Gasteiger partial charge in [-0.3, -0.25) is 14.4 Å². The zero-order valence-electron chi connectivity index (χ0n) is 16.9. The van der Waals surface area contributed by atoms with Gasteiger partial charge in [0.2, 0.25) is 0 Å². The van der Waals surface area contributed by atoms with Gasteiger partial charge in [-0.15, -0.1) is 0 Å². The number of rotatable bonds is 9. The van der Waals surface area contributed by atoms with Gasteiger partial charge in [0.15, 0.2) is 6.61 Å². The third-order valence-corrected chi connectivity index (χ3v) is 4.79. The van der Waals surface area contributed by atoms with Crippen molar-refractivity contribution in [2.24, 2.45) is 0 Å². The molecule has 0 radical (unpaired) electrons. The van der Waals surface area contributed by atoms with E-state index in [1.165, 1.54) is 0 Å². The summed E-state index contributed by atoms with van der Waals surface area (Å²) in [7, 11) is 0. The molecule has 1 aliphatic carbocycles. The fourth-order valence-electron chi connectivity index (χ4n) is 3.35. The summed E-state index contributed by atoms with van der Waals surface area (Å²) in [5, 5.41) is 9.46. The fraction of sp³-hybridized carbons (Fsp3) is 0.429. The molecule has 1 heterocycles. The Hall–Kier alpha value is -3.36. The molecule has 0 saturated heterocycles. The van der Waals surface area contributed by atoms with Gasteiger partial charge in [0, 0.05) is 11.6 Å². The van der Waals surface area contributed by atoms with E-state index in [1.807, 2.05) is 11.6 Å². The highest BCUT2D eigenvalue weighted by atomic mass is 16.5. The summed E-state index contributed by atoms with van der Waals surface area (Å²) >= 11 is 0. The summed E-state index contributed by atoms with van der Waals surface area (Å²) in [4.78, 5) is 36.0. The van der Waals surface area contributed by atoms with Gasteiger partial charge in [-0.1, -0.05) is 12.8 Å². The van der Waals surface area contributed by atoms with Crippen LogP contribution in [0.3, 0.4) is 0 Å². The van der Waals surface area contributed by atoms with Gasteiger partial charge in [-0.05, 0) is 44.0 Å². The number of esters is 1. The van der Waals surface area contributed by atoms with E-state index < -0.39 is 24.4 Å². The van der Waals surface area contributed by atoms with Crippen molar-refractivity contribution in [3.8, 4) is 5.75 Å². The van der Waals surface area contributed by atoms with Crippen LogP contribution >= 0.6 is 0 Å². The quantitative estimate of drug-likeness (QED) is 0.609. The van der Waals surface area contributed by atoms with Gasteiger partial charge in [0.25, 0.3) is 11.8 Å². The molecule has 1 saturated carbocycles. The lowest BCUT2D eigenvalue weighted by atomic mass is 10.2. The molecule has 0 unspecified atom stereocenters. The number of hydrogen-bond donors (Lipinski definition) is 2. The van der Waals surface area contributed by atoms with E-state index in [9.17, 15) is 14.4 Å². The molecule has 0 atom stereocenters. The number of benzene rings is 1. The Morgan fingerprint density at radius 1 is 1.13 bits per heavy atom. The Morgan fingerprint density at radius 2 is 1.87 bits per heavy atom. The second kappa shape index (κ2) is 10.4. The molecule has 2 N–H and O–H groups in total. The number of nitrogens with zero attached hydrogens (tertiary/aromatic N) is 2. The van der Waals surface area contributed by atoms with Crippen molar-refractivity contribution in [2.75, 3.05) is 25.1 Å². The SMILES string of the molecule is CCOc1ccc(C(=O)NCC(=O)OCC(=O)Nc2ccnn2C2CCCC2)cc1. The molecule has 1 aromatic heterocycles. The molecule has 2 aromatic rings. The first-order chi connectivity index (χ1) is 14.6. The van der Waals surface area contributed by atoms with Crippen LogP contribution in [0.2, 0.25) is 0 Å². The Bertz CT molecular complexity index is 872. The van der Waals surface area contributed by atoms with Crippen molar-refractivity contribution >= 4 is 23.6 Å². The van der Waals surface area contributed by atoms with Gasteiger partial charge >= 0.3 is 5.97 Å². The Morgan fingerprint density at radius 3 is 2.57 bits per heavy atom. The number of carbonyl (C=O) groups excluding carboxylic acids is 3. The van der Waals surface area contributed by atoms with Crippen LogP contribution in [-0.2, 0) is 14.3 Å². The van der Waals surface area contributed by atoms with Crippen LogP contribution in [0.1, 0.15) is 49.0 Å². The predicted molar refractivity (Wildman–Crippen MR) is 109 cm³/mol. The van der Waals surface area contributed by atoms with E-state index in [1.54, 1.807) is 36.5 Å². The molecule has 30 heavy (non-hydrogen) atoms. The minimum atomic E-state index is -0.700. The zero-order chi connectivity index (χ0) is 21.3. The number of carbonyl (C=O) groups is 3. The second-order valence-corrected chi connectivity index (χ2v) is 6.95. The highest BCUT2D eigenvalue weighted by Gasteiger charge is 2.20. The van der Waals surface area contributed by atoms with Crippen molar-refractivity contribution in [3.05, 3.63) is 42.1 Å². The molecular weight excluding hydrogens is 388 g/mol. The van der Waals surface area contributed by atoms with Crippen molar-refractivity contribution in [3.63, 3.8) is 0 Å². The number of hydrogen-bond acceptors (Lipinski definition) is 6. The van der Waals surface area contributed by atoms with E-state index in [-0.39, 0.29) is 12.6 Å². The zero-order valence-corrected chi connectivity index (χ0v) is 16.9. The minimum absolute atomic E-state index is 0.288. The fourth-order valence-corrected chi connectivity index (χ4v) is 3.35. The summed E-state index contributed by atoms with van der Waals surface area (Å²) < 4.78 is 12.1. The Balaban J connectivity index is 1.39. The second-order valence-electron chi connectivity index (χ2n) is 6.95. The summed E-state index contributed by atoms with van der Waals surface area (Å²) in [5.41, 5.74) is 0.393. The largest absolute Gasteiger partial charge is 0.494 e. The van der Waals surface area contributed by atoms with Crippen molar-refractivity contribution in [1.82, 2.24) is 15.1 Å². The summed E-state index contributed by atoms with van der Waals surface area (Å²) in [5.74, 6) is -0.324. The lowest BCUT2D eigenvalue weighted by molar-refractivity contribution is -0.146. The monoisotopic (exact) mass is 414 g/mol. The molecule has 2 amide bonds. The van der Waals surface area contributed by atoms with E-state index in [2.05, 4.69) is 15.7 Å². The van der Waals surface area contributed by atoms with E-state index in [0.717, 1.165) is 25.7 Å². The Labute approximate surface area is 174 Å². The third kappa shape index (κ3) is 5.82. The highest BCUT2D eigenvalue weighted by molar-refractivity contribution is 5.96. The van der Waals surface area contributed by atoms with Crippen LogP contribution in [0.5, 0.6) is 5.75 Å². The number of anilines is 1. The maximum absolute atomic E-state index is 12.1. The normalized spacial score (nSPS) is 13.6. The highest BCUT2D eigenvalue weighted by Crippen LogP contribution is 2.31. The van der Waals surface area contributed by atoms with Gasteiger partial charge in [-0.2, -0.15) is 5.10 Å². The van der Waals surface area contributed by atoms with Crippen LogP contribution in [0.15, 0.2) is 36.5 Å². The standard InChI is InChI=1S/C21H26N4O5/c1-2-29-17-9-7-15(8-10-17)21(28)22-13-20(27)30-14-19(26)24-18-11-12-23-25(18)16-5-3-4-6-16/h7-12,16H,2-6,13-14H2,1H3,(H,22,28)(H,24,26). The molecule has 3 rings (SSSR count). The molecule has 0 spiro atoms. The maximum Gasteiger partial charge on any atom is 0.325 e. The first-order valence-corrected chi connectivity index (χ1v) is 10.1. The van der Waals surface area contributed by atoms with Gasteiger partial charge in [0.1, 0.15) is 18.1 Å². The number of ether oxygens (including phenoxy) is 2. The van der Waals surface area contributed by atoms with Gasteiger partial charge in [0.05, 0.1) is 18.8 Å². The topological polar surface area (TPSA) is 112 Å². The molecule has 1 aliphatic rings. The van der Waals surface area contributed by atoms with E-state index >= 15 is 0 Å². The summed E-state index contributed by atoms with van der Waals surface area (Å²) in [6.45, 7) is 1.64. The smallest absolute Gasteiger partial charge is 0.325 e. The van der Waals surface area contributed by atoms with Crippen molar-refractivity contribution in [1.29, 1.82) is 0 Å². The molecule has 160 valence electrons. The summed E-state index contributed by atoms with van der Waals surface area (Å²) in [6, 6.07) is 8.57.